The minimum atomic E-state index is -0.555. The summed E-state index contributed by atoms with van der Waals surface area (Å²) in [7, 11) is 3.02. The van der Waals surface area contributed by atoms with E-state index in [2.05, 4.69) is 16.0 Å². The summed E-state index contributed by atoms with van der Waals surface area (Å²) in [5.41, 5.74) is 1.99. The van der Waals surface area contributed by atoms with E-state index < -0.39 is 17.1 Å². The van der Waals surface area contributed by atoms with E-state index in [9.17, 15) is 14.4 Å². The monoisotopic (exact) mass is 639 g/mol. The molecular weight excluding hydrogens is 606 g/mol. The maximum Gasteiger partial charge on any atom is 0.272 e. The van der Waals surface area contributed by atoms with Gasteiger partial charge in [0.15, 0.2) is 23.0 Å². The van der Waals surface area contributed by atoms with Crippen molar-refractivity contribution in [1.82, 2.24) is 5.32 Å². The van der Waals surface area contributed by atoms with Gasteiger partial charge < -0.3 is 34.9 Å². The molecule has 1 unspecified atom stereocenters. The molecule has 1 aliphatic rings. The Labute approximate surface area is 271 Å². The molecule has 0 aromatic heterocycles. The summed E-state index contributed by atoms with van der Waals surface area (Å²) < 4.78 is 22.1. The molecule has 4 aromatic carbocycles. The zero-order chi connectivity index (χ0) is 32.5. The van der Waals surface area contributed by atoms with Crippen molar-refractivity contribution in [2.45, 2.75) is 17.1 Å². The number of carbonyl (C=O) groups excluding carboxylic acids is 3. The molecule has 236 valence electrons. The minimum Gasteiger partial charge on any atom is -0.493 e. The number of carbonyl (C=O) groups is 3. The molecule has 46 heavy (non-hydrogen) atoms. The van der Waals surface area contributed by atoms with Crippen LogP contribution in [0.5, 0.6) is 23.0 Å². The Morgan fingerprint density at radius 1 is 0.804 bits per heavy atom. The summed E-state index contributed by atoms with van der Waals surface area (Å²) in [6.07, 6.45) is 1.53. The summed E-state index contributed by atoms with van der Waals surface area (Å²) in [6, 6.07) is 26.2. The number of amides is 3. The van der Waals surface area contributed by atoms with Gasteiger partial charge in [-0.3, -0.25) is 14.4 Å². The van der Waals surface area contributed by atoms with E-state index in [1.165, 1.54) is 32.1 Å². The number of hydrogen-bond acceptors (Lipinski definition) is 8. The maximum absolute atomic E-state index is 13.6. The number of fused-ring (bicyclic) bond motifs is 1. The van der Waals surface area contributed by atoms with Gasteiger partial charge in [0.2, 0.25) is 5.91 Å². The average Bonchev–Trinajstić information content (AvgIpc) is 3.08. The predicted molar refractivity (Wildman–Crippen MR) is 178 cm³/mol. The van der Waals surface area contributed by atoms with Gasteiger partial charge in [0, 0.05) is 33.5 Å². The van der Waals surface area contributed by atoms with Crippen molar-refractivity contribution in [1.29, 1.82) is 0 Å². The number of rotatable bonds is 11. The van der Waals surface area contributed by atoms with E-state index in [1.54, 1.807) is 91.9 Å². The number of methoxy groups -OCH3 is 2. The smallest absolute Gasteiger partial charge is 0.272 e. The predicted octanol–water partition coefficient (Wildman–Crippen LogP) is 6.00. The number of thioether (sulfide) groups is 1. The molecule has 0 radical (unpaired) electrons. The van der Waals surface area contributed by atoms with E-state index >= 15 is 0 Å². The van der Waals surface area contributed by atoms with Crippen LogP contribution in [-0.2, 0) is 9.59 Å². The highest BCUT2D eigenvalue weighted by atomic mass is 32.2. The molecule has 0 aliphatic carbocycles. The van der Waals surface area contributed by atoms with Crippen LogP contribution in [-0.4, -0.2) is 50.4 Å². The quantitative estimate of drug-likeness (QED) is 0.135. The fraction of sp³-hybridized carbons (Fsp3) is 0.171. The standard InChI is InChI=1S/C35H33N3O7S/c1-22(33(39)36-26-15-16-29-31(21-26)45-18-17-44-29)46-27-13-8-12-25(20-27)37-35(41)28(38-34(40)23-9-5-4-6-10-23)19-24-11-7-14-30(42-2)32(24)43-3/h4-16,19-22H,17-18H2,1-3H3,(H,36,39)(H,37,41)(H,38,40)/b28-19+. The zero-order valence-corrected chi connectivity index (χ0v) is 26.3. The zero-order valence-electron chi connectivity index (χ0n) is 25.5. The van der Waals surface area contributed by atoms with Gasteiger partial charge in [-0.15, -0.1) is 11.8 Å². The second kappa shape index (κ2) is 15.0. The van der Waals surface area contributed by atoms with Crippen LogP contribution in [0.1, 0.15) is 22.8 Å². The second-order valence-corrected chi connectivity index (χ2v) is 11.5. The third-order valence-corrected chi connectivity index (χ3v) is 7.94. The van der Waals surface area contributed by atoms with Crippen molar-refractivity contribution in [3.63, 3.8) is 0 Å². The van der Waals surface area contributed by atoms with Crippen LogP contribution < -0.4 is 34.9 Å². The topological polar surface area (TPSA) is 124 Å². The number of para-hydroxylation sites is 1. The first-order valence-electron chi connectivity index (χ1n) is 14.4. The van der Waals surface area contributed by atoms with Crippen LogP contribution in [0.15, 0.2) is 102 Å². The van der Waals surface area contributed by atoms with Crippen LogP contribution in [0.3, 0.4) is 0 Å². The number of hydrogen-bond donors (Lipinski definition) is 3. The van der Waals surface area contributed by atoms with Gasteiger partial charge >= 0.3 is 0 Å². The lowest BCUT2D eigenvalue weighted by atomic mass is 10.1. The lowest BCUT2D eigenvalue weighted by Gasteiger charge is -2.19. The molecule has 4 aromatic rings. The largest absolute Gasteiger partial charge is 0.493 e. The van der Waals surface area contributed by atoms with Gasteiger partial charge in [-0.05, 0) is 61.5 Å². The maximum atomic E-state index is 13.6. The van der Waals surface area contributed by atoms with Crippen LogP contribution in [0, 0.1) is 0 Å². The Balaban J connectivity index is 1.31. The van der Waals surface area contributed by atoms with Gasteiger partial charge in [0.25, 0.3) is 11.8 Å². The highest BCUT2D eigenvalue weighted by Crippen LogP contribution is 2.34. The summed E-state index contributed by atoms with van der Waals surface area (Å²) in [4.78, 5) is 40.5. The molecule has 0 spiro atoms. The van der Waals surface area contributed by atoms with Crippen LogP contribution in [0.25, 0.3) is 6.08 Å². The van der Waals surface area contributed by atoms with Crippen LogP contribution in [0.4, 0.5) is 11.4 Å². The fourth-order valence-electron chi connectivity index (χ4n) is 4.59. The van der Waals surface area contributed by atoms with Gasteiger partial charge in [-0.2, -0.15) is 0 Å². The highest BCUT2D eigenvalue weighted by Gasteiger charge is 2.20. The summed E-state index contributed by atoms with van der Waals surface area (Å²) in [6.45, 7) is 2.74. The minimum absolute atomic E-state index is 0.00867. The molecule has 1 aliphatic heterocycles. The molecule has 1 heterocycles. The van der Waals surface area contributed by atoms with E-state index in [1.807, 2.05) is 6.07 Å². The number of nitrogens with one attached hydrogen (secondary N) is 3. The van der Waals surface area contributed by atoms with E-state index in [0.717, 1.165) is 4.90 Å². The normalized spacial score (nSPS) is 12.8. The fourth-order valence-corrected chi connectivity index (χ4v) is 5.52. The van der Waals surface area contributed by atoms with Crippen molar-refractivity contribution < 1.29 is 33.3 Å². The highest BCUT2D eigenvalue weighted by molar-refractivity contribution is 8.00. The Morgan fingerprint density at radius 3 is 2.30 bits per heavy atom. The van der Waals surface area contributed by atoms with Crippen molar-refractivity contribution in [2.24, 2.45) is 0 Å². The van der Waals surface area contributed by atoms with Gasteiger partial charge in [0.1, 0.15) is 18.9 Å². The first-order valence-corrected chi connectivity index (χ1v) is 15.3. The van der Waals surface area contributed by atoms with Gasteiger partial charge in [-0.25, -0.2) is 0 Å². The molecule has 11 heteroatoms. The number of ether oxygens (including phenoxy) is 4. The third-order valence-electron chi connectivity index (χ3n) is 6.85. The van der Waals surface area contributed by atoms with Crippen molar-refractivity contribution >= 4 is 46.9 Å². The molecule has 0 fully saturated rings. The van der Waals surface area contributed by atoms with E-state index in [4.69, 9.17) is 18.9 Å². The van der Waals surface area contributed by atoms with E-state index in [0.29, 0.717) is 58.7 Å². The van der Waals surface area contributed by atoms with Gasteiger partial charge in [-0.1, -0.05) is 36.4 Å². The van der Waals surface area contributed by atoms with Crippen molar-refractivity contribution in [3.05, 3.63) is 108 Å². The van der Waals surface area contributed by atoms with E-state index in [-0.39, 0.29) is 11.6 Å². The Hall–Kier alpha value is -5.42. The molecule has 10 nitrogen and oxygen atoms in total. The third kappa shape index (κ3) is 7.99. The number of benzene rings is 4. The molecule has 0 saturated carbocycles. The Kier molecular flexibility index (Phi) is 10.5. The Morgan fingerprint density at radius 2 is 1.54 bits per heavy atom. The van der Waals surface area contributed by atoms with Crippen molar-refractivity contribution in [3.8, 4) is 23.0 Å². The lowest BCUT2D eigenvalue weighted by Crippen LogP contribution is -2.30. The number of anilines is 2. The molecular formula is C35H33N3O7S. The first kappa shape index (κ1) is 32.0. The SMILES string of the molecule is COc1cccc(/C=C(/NC(=O)c2ccccc2)C(=O)Nc2cccc(SC(C)C(=O)Nc3ccc4c(c3)OCCO4)c2)c1OC. The average molecular weight is 640 g/mol. The van der Waals surface area contributed by atoms with Gasteiger partial charge in [0.05, 0.1) is 19.5 Å². The first-order chi connectivity index (χ1) is 22.3. The lowest BCUT2D eigenvalue weighted by molar-refractivity contribution is -0.115. The molecule has 0 bridgehead atoms. The summed E-state index contributed by atoms with van der Waals surface area (Å²) in [5, 5.41) is 8.05. The Bertz CT molecular complexity index is 1760. The molecule has 1 atom stereocenters. The van der Waals surface area contributed by atoms with Crippen LogP contribution in [0.2, 0.25) is 0 Å². The molecule has 0 saturated heterocycles. The second-order valence-electron chi connectivity index (χ2n) is 10.1. The van der Waals surface area contributed by atoms with Crippen LogP contribution >= 0.6 is 11.8 Å². The summed E-state index contributed by atoms with van der Waals surface area (Å²) >= 11 is 1.33. The molecule has 5 rings (SSSR count). The summed E-state index contributed by atoms with van der Waals surface area (Å²) in [5.74, 6) is 0.911. The molecule has 3 N–H and O–H groups in total. The molecule has 3 amide bonds. The van der Waals surface area contributed by atoms with Crippen molar-refractivity contribution in [2.75, 3.05) is 38.1 Å².